The molecule has 0 heterocycles. The van der Waals surface area contributed by atoms with Gasteiger partial charge in [0.1, 0.15) is 0 Å². The van der Waals surface area contributed by atoms with Gasteiger partial charge < -0.3 is 14.6 Å². The Balaban J connectivity index is 4.71. The van der Waals surface area contributed by atoms with Crippen molar-refractivity contribution in [3.05, 3.63) is 0 Å². The Morgan fingerprint density at radius 1 is 1.12 bits per heavy atom. The van der Waals surface area contributed by atoms with Crippen LogP contribution in [0.5, 0.6) is 0 Å². The summed E-state index contributed by atoms with van der Waals surface area (Å²) >= 11 is 0. The second kappa shape index (κ2) is 7.34. The molecule has 17 heavy (non-hydrogen) atoms. The Kier molecular flexibility index (Phi) is 7.29. The number of aliphatic hydroxyl groups is 1. The first kappa shape index (κ1) is 16.9. The molecule has 0 bridgehead atoms. The maximum absolute atomic E-state index is 9.53. The van der Waals surface area contributed by atoms with Crippen molar-refractivity contribution in [2.24, 2.45) is 10.8 Å². The van der Waals surface area contributed by atoms with Gasteiger partial charge in [0.05, 0.1) is 19.3 Å². The molecule has 0 saturated heterocycles. The summed E-state index contributed by atoms with van der Waals surface area (Å²) in [7, 11) is 1.71. The molecular weight excluding hydrogens is 216 g/mol. The van der Waals surface area contributed by atoms with Crippen molar-refractivity contribution < 1.29 is 14.6 Å². The molecule has 3 heteroatoms. The van der Waals surface area contributed by atoms with Gasteiger partial charge in [-0.05, 0) is 6.42 Å². The molecule has 0 aromatic carbocycles. The van der Waals surface area contributed by atoms with E-state index in [9.17, 15) is 5.11 Å². The van der Waals surface area contributed by atoms with Crippen LogP contribution >= 0.6 is 0 Å². The van der Waals surface area contributed by atoms with E-state index in [1.54, 1.807) is 7.11 Å². The molecule has 3 nitrogen and oxygen atoms in total. The van der Waals surface area contributed by atoms with Crippen molar-refractivity contribution in [2.75, 3.05) is 26.9 Å². The molecule has 0 aliphatic carbocycles. The number of ether oxygens (including phenoxy) is 2. The van der Waals surface area contributed by atoms with Crippen LogP contribution in [0.25, 0.3) is 0 Å². The molecular formula is C14H30O3. The first-order valence-electron chi connectivity index (χ1n) is 6.53. The van der Waals surface area contributed by atoms with E-state index in [1.807, 2.05) is 13.8 Å². The van der Waals surface area contributed by atoms with E-state index in [-0.39, 0.29) is 23.5 Å². The largest absolute Gasteiger partial charge is 0.396 e. The third-order valence-corrected chi connectivity index (χ3v) is 3.13. The van der Waals surface area contributed by atoms with Gasteiger partial charge in [-0.25, -0.2) is 0 Å². The highest BCUT2D eigenvalue weighted by Gasteiger charge is 2.41. The average molecular weight is 246 g/mol. The lowest BCUT2D eigenvalue weighted by Crippen LogP contribution is -2.47. The summed E-state index contributed by atoms with van der Waals surface area (Å²) in [6.45, 7) is 12.0. The van der Waals surface area contributed by atoms with Crippen molar-refractivity contribution in [2.45, 2.75) is 53.6 Å². The average Bonchev–Trinajstić information content (AvgIpc) is 2.23. The van der Waals surface area contributed by atoms with Gasteiger partial charge in [0.15, 0.2) is 0 Å². The zero-order valence-electron chi connectivity index (χ0n) is 12.4. The van der Waals surface area contributed by atoms with Gasteiger partial charge >= 0.3 is 0 Å². The van der Waals surface area contributed by atoms with Gasteiger partial charge in [0.2, 0.25) is 0 Å². The highest BCUT2D eigenvalue weighted by molar-refractivity contribution is 4.90. The topological polar surface area (TPSA) is 38.7 Å². The second-order valence-electron chi connectivity index (χ2n) is 6.17. The molecule has 0 spiro atoms. The van der Waals surface area contributed by atoms with E-state index in [2.05, 4.69) is 20.8 Å². The molecule has 0 aromatic heterocycles. The Morgan fingerprint density at radius 3 is 2.12 bits per heavy atom. The van der Waals surface area contributed by atoms with Gasteiger partial charge in [-0.15, -0.1) is 0 Å². The molecule has 0 radical (unpaired) electrons. The Bertz CT molecular complexity index is 200. The van der Waals surface area contributed by atoms with E-state index in [0.717, 1.165) is 19.4 Å². The molecule has 104 valence electrons. The third kappa shape index (κ3) is 5.36. The van der Waals surface area contributed by atoms with Crippen LogP contribution in [0, 0.1) is 10.8 Å². The van der Waals surface area contributed by atoms with Gasteiger partial charge in [0.25, 0.3) is 0 Å². The fourth-order valence-corrected chi connectivity index (χ4v) is 2.39. The zero-order valence-corrected chi connectivity index (χ0v) is 12.4. The van der Waals surface area contributed by atoms with Crippen LogP contribution in [0.1, 0.15) is 47.5 Å². The summed E-state index contributed by atoms with van der Waals surface area (Å²) in [5, 5.41) is 9.53. The smallest absolute Gasteiger partial charge is 0.0720 e. The van der Waals surface area contributed by atoms with Crippen LogP contribution < -0.4 is 0 Å². The van der Waals surface area contributed by atoms with Crippen LogP contribution in [-0.4, -0.2) is 38.1 Å². The summed E-state index contributed by atoms with van der Waals surface area (Å²) in [6, 6.07) is 0. The lowest BCUT2D eigenvalue weighted by atomic mass is 9.72. The molecule has 1 atom stereocenters. The fraction of sp³-hybridized carbons (Fsp3) is 1.00. The predicted molar refractivity (Wildman–Crippen MR) is 71.2 cm³/mol. The zero-order chi connectivity index (χ0) is 13.5. The van der Waals surface area contributed by atoms with Gasteiger partial charge in [-0.1, -0.05) is 41.0 Å². The van der Waals surface area contributed by atoms with Crippen LogP contribution in [0.4, 0.5) is 0 Å². The first-order valence-corrected chi connectivity index (χ1v) is 6.53. The summed E-state index contributed by atoms with van der Waals surface area (Å²) < 4.78 is 11.3. The van der Waals surface area contributed by atoms with Crippen LogP contribution in [0.15, 0.2) is 0 Å². The third-order valence-electron chi connectivity index (χ3n) is 3.13. The SMILES string of the molecule is CCCCOC(C(C)(C)CO)C(C)(C)COC. The quantitative estimate of drug-likeness (QED) is 0.636. The number of hydrogen-bond donors (Lipinski definition) is 1. The molecule has 0 aromatic rings. The Morgan fingerprint density at radius 2 is 1.71 bits per heavy atom. The van der Waals surface area contributed by atoms with E-state index < -0.39 is 0 Å². The molecule has 0 rings (SSSR count). The fourth-order valence-electron chi connectivity index (χ4n) is 2.39. The van der Waals surface area contributed by atoms with Crippen LogP contribution in [-0.2, 0) is 9.47 Å². The predicted octanol–water partition coefficient (Wildman–Crippen LogP) is 2.86. The molecule has 0 aliphatic heterocycles. The minimum absolute atomic E-state index is 0.00787. The molecule has 0 amide bonds. The van der Waals surface area contributed by atoms with Crippen LogP contribution in [0.3, 0.4) is 0 Å². The molecule has 0 saturated carbocycles. The molecule has 1 unspecified atom stereocenters. The standard InChI is InChI=1S/C14H30O3/c1-7-8-9-17-12(13(2,3)10-15)14(4,5)11-16-6/h12,15H,7-11H2,1-6H3. The summed E-state index contributed by atoms with van der Waals surface area (Å²) in [6.07, 6.45) is 2.17. The van der Waals surface area contributed by atoms with E-state index >= 15 is 0 Å². The minimum Gasteiger partial charge on any atom is -0.396 e. The monoisotopic (exact) mass is 246 g/mol. The highest BCUT2D eigenvalue weighted by atomic mass is 16.5. The van der Waals surface area contributed by atoms with Crippen molar-refractivity contribution in [3.8, 4) is 0 Å². The molecule has 0 fully saturated rings. The number of hydrogen-bond acceptors (Lipinski definition) is 3. The Labute approximate surface area is 107 Å². The van der Waals surface area contributed by atoms with Gasteiger partial charge in [-0.3, -0.25) is 0 Å². The van der Waals surface area contributed by atoms with Crippen molar-refractivity contribution in [1.29, 1.82) is 0 Å². The Hall–Kier alpha value is -0.120. The number of methoxy groups -OCH3 is 1. The summed E-state index contributed by atoms with van der Waals surface area (Å²) in [5.74, 6) is 0. The molecule has 1 N–H and O–H groups in total. The van der Waals surface area contributed by atoms with E-state index in [1.165, 1.54) is 0 Å². The molecule has 0 aliphatic rings. The lowest BCUT2D eigenvalue weighted by molar-refractivity contribution is -0.128. The van der Waals surface area contributed by atoms with E-state index in [0.29, 0.717) is 6.61 Å². The summed E-state index contributed by atoms with van der Waals surface area (Å²) in [5.41, 5.74) is -0.357. The first-order chi connectivity index (χ1) is 7.81. The van der Waals surface area contributed by atoms with Crippen molar-refractivity contribution >= 4 is 0 Å². The number of unbranched alkanes of at least 4 members (excludes halogenated alkanes) is 1. The van der Waals surface area contributed by atoms with Gasteiger partial charge in [0, 0.05) is 24.5 Å². The maximum Gasteiger partial charge on any atom is 0.0720 e. The van der Waals surface area contributed by atoms with Crippen molar-refractivity contribution in [3.63, 3.8) is 0 Å². The van der Waals surface area contributed by atoms with Crippen molar-refractivity contribution in [1.82, 2.24) is 0 Å². The minimum atomic E-state index is -0.254. The lowest BCUT2D eigenvalue weighted by Gasteiger charge is -2.43. The van der Waals surface area contributed by atoms with Gasteiger partial charge in [-0.2, -0.15) is 0 Å². The van der Waals surface area contributed by atoms with Crippen LogP contribution in [0.2, 0.25) is 0 Å². The second-order valence-corrected chi connectivity index (χ2v) is 6.17. The normalized spacial score (nSPS) is 15.0. The summed E-state index contributed by atoms with van der Waals surface area (Å²) in [4.78, 5) is 0. The highest BCUT2D eigenvalue weighted by Crippen LogP contribution is 2.36. The van der Waals surface area contributed by atoms with E-state index in [4.69, 9.17) is 9.47 Å². The number of rotatable bonds is 9. The number of aliphatic hydroxyl groups excluding tert-OH is 1. The maximum atomic E-state index is 9.53.